The van der Waals surface area contributed by atoms with E-state index in [2.05, 4.69) is 200 Å². The number of hydrogen-bond donors (Lipinski definition) is 0. The highest BCUT2D eigenvalue weighted by molar-refractivity contribution is 5.93. The third-order valence-electron chi connectivity index (χ3n) is 9.78. The Balaban J connectivity index is 1.20. The van der Waals surface area contributed by atoms with E-state index < -0.39 is 0 Å². The number of nitrogens with zero attached hydrogens (tertiary/aromatic N) is 3. The second-order valence-electron chi connectivity index (χ2n) is 13.2. The van der Waals surface area contributed by atoms with Crippen LogP contribution in [0.1, 0.15) is 0 Å². The molecule has 0 atom stereocenters. The van der Waals surface area contributed by atoms with Gasteiger partial charge in [-0.15, -0.1) is 0 Å². The van der Waals surface area contributed by atoms with Crippen LogP contribution >= 0.6 is 0 Å². The van der Waals surface area contributed by atoms with Gasteiger partial charge in [-0.2, -0.15) is 0 Å². The average molecular weight is 690 g/mol. The average Bonchev–Trinajstić information content (AvgIpc) is 3.27. The van der Waals surface area contributed by atoms with Crippen molar-refractivity contribution in [2.75, 3.05) is 0 Å². The Morgan fingerprint density at radius 3 is 1.11 bits per heavy atom. The van der Waals surface area contributed by atoms with Gasteiger partial charge in [0.05, 0.1) is 0 Å². The molecule has 3 nitrogen and oxygen atoms in total. The van der Waals surface area contributed by atoms with E-state index >= 15 is 0 Å². The van der Waals surface area contributed by atoms with Crippen LogP contribution in [-0.2, 0) is 0 Å². The van der Waals surface area contributed by atoms with Crippen LogP contribution in [0, 0.1) is 0 Å². The third kappa shape index (κ3) is 6.74. The molecule has 0 unspecified atom stereocenters. The van der Waals surface area contributed by atoms with Crippen LogP contribution in [0.3, 0.4) is 0 Å². The molecular weight excluding hydrogens is 655 g/mol. The fraction of sp³-hybridized carbons (Fsp3) is 0. The highest BCUT2D eigenvalue weighted by Gasteiger charge is 2.19. The van der Waals surface area contributed by atoms with Gasteiger partial charge in [0.15, 0.2) is 17.5 Å². The summed E-state index contributed by atoms with van der Waals surface area (Å²) in [5, 5.41) is 0. The van der Waals surface area contributed by atoms with Gasteiger partial charge in [0.1, 0.15) is 0 Å². The summed E-state index contributed by atoms with van der Waals surface area (Å²) in [5.74, 6) is 1.86. The second kappa shape index (κ2) is 14.8. The molecule has 54 heavy (non-hydrogen) atoms. The maximum atomic E-state index is 5.25. The highest BCUT2D eigenvalue weighted by atomic mass is 15.0. The first-order valence-corrected chi connectivity index (χ1v) is 18.2. The summed E-state index contributed by atoms with van der Waals surface area (Å²) < 4.78 is 0. The van der Waals surface area contributed by atoms with E-state index in [4.69, 9.17) is 15.0 Å². The van der Waals surface area contributed by atoms with Crippen molar-refractivity contribution in [3.8, 4) is 89.8 Å². The molecular formula is C51H35N3. The van der Waals surface area contributed by atoms with Crippen molar-refractivity contribution >= 4 is 0 Å². The Bertz CT molecular complexity index is 2660. The van der Waals surface area contributed by atoms with E-state index in [1.807, 2.05) is 12.1 Å². The highest BCUT2D eigenvalue weighted by Crippen LogP contribution is 2.40. The topological polar surface area (TPSA) is 38.7 Å². The normalized spacial score (nSPS) is 11.0. The van der Waals surface area contributed by atoms with E-state index in [9.17, 15) is 0 Å². The van der Waals surface area contributed by atoms with Crippen molar-refractivity contribution in [3.05, 3.63) is 212 Å². The van der Waals surface area contributed by atoms with Gasteiger partial charge < -0.3 is 0 Å². The van der Waals surface area contributed by atoms with E-state index in [-0.39, 0.29) is 0 Å². The molecule has 9 rings (SSSR count). The summed E-state index contributed by atoms with van der Waals surface area (Å²) >= 11 is 0. The van der Waals surface area contributed by atoms with Crippen LogP contribution in [0.5, 0.6) is 0 Å². The molecule has 9 aromatic rings. The van der Waals surface area contributed by atoms with E-state index in [0.29, 0.717) is 17.5 Å². The van der Waals surface area contributed by atoms with Crippen molar-refractivity contribution in [2.24, 2.45) is 0 Å². The summed E-state index contributed by atoms with van der Waals surface area (Å²) in [6, 6.07) is 74.0. The second-order valence-corrected chi connectivity index (χ2v) is 13.2. The van der Waals surface area contributed by atoms with Crippen molar-refractivity contribution in [2.45, 2.75) is 0 Å². The van der Waals surface area contributed by atoms with Gasteiger partial charge in [0, 0.05) is 22.3 Å². The molecule has 0 saturated carbocycles. The van der Waals surface area contributed by atoms with E-state index in [0.717, 1.165) is 55.6 Å². The largest absolute Gasteiger partial charge is 0.208 e. The van der Waals surface area contributed by atoms with Gasteiger partial charge in [0.2, 0.25) is 0 Å². The van der Waals surface area contributed by atoms with Gasteiger partial charge in [-0.25, -0.2) is 15.0 Å². The first kappa shape index (κ1) is 32.7. The molecule has 0 amide bonds. The SMILES string of the molecule is c1ccc(-c2ccc(-c3cccc(-c4nc(-c5ccc(-c6ccccc6)cc5)nc(-c5cccc(-c6ccccc6)c5-c5ccccc5)n4)c3)cc2)cc1. The lowest BCUT2D eigenvalue weighted by atomic mass is 9.90. The van der Waals surface area contributed by atoms with Gasteiger partial charge in [0.25, 0.3) is 0 Å². The molecule has 0 aliphatic heterocycles. The zero-order valence-electron chi connectivity index (χ0n) is 29.5. The molecule has 0 fully saturated rings. The smallest absolute Gasteiger partial charge is 0.164 e. The summed E-state index contributed by atoms with van der Waals surface area (Å²) in [4.78, 5) is 15.6. The fourth-order valence-electron chi connectivity index (χ4n) is 7.03. The summed E-state index contributed by atoms with van der Waals surface area (Å²) in [6.45, 7) is 0. The molecule has 0 aliphatic carbocycles. The quantitative estimate of drug-likeness (QED) is 0.159. The molecule has 1 heterocycles. The Morgan fingerprint density at radius 1 is 0.204 bits per heavy atom. The lowest BCUT2D eigenvalue weighted by molar-refractivity contribution is 1.07. The van der Waals surface area contributed by atoms with Crippen LogP contribution in [0.2, 0.25) is 0 Å². The number of rotatable bonds is 8. The fourth-order valence-corrected chi connectivity index (χ4v) is 7.03. The van der Waals surface area contributed by atoms with Gasteiger partial charge in [-0.3, -0.25) is 0 Å². The molecule has 0 radical (unpaired) electrons. The summed E-state index contributed by atoms with van der Waals surface area (Å²) in [7, 11) is 0. The Hall–Kier alpha value is -7.23. The Labute approximate surface area is 316 Å². The monoisotopic (exact) mass is 689 g/mol. The molecule has 254 valence electrons. The van der Waals surface area contributed by atoms with Crippen LogP contribution in [-0.4, -0.2) is 15.0 Å². The molecule has 1 aromatic heterocycles. The van der Waals surface area contributed by atoms with Gasteiger partial charge >= 0.3 is 0 Å². The van der Waals surface area contributed by atoms with Crippen LogP contribution in [0.4, 0.5) is 0 Å². The lowest BCUT2D eigenvalue weighted by Crippen LogP contribution is -2.02. The van der Waals surface area contributed by atoms with Crippen LogP contribution < -0.4 is 0 Å². The number of benzene rings is 8. The van der Waals surface area contributed by atoms with E-state index in [1.54, 1.807) is 0 Å². The molecule has 0 saturated heterocycles. The van der Waals surface area contributed by atoms with Crippen molar-refractivity contribution in [1.29, 1.82) is 0 Å². The first-order chi connectivity index (χ1) is 26.8. The third-order valence-corrected chi connectivity index (χ3v) is 9.78. The predicted molar refractivity (Wildman–Crippen MR) is 223 cm³/mol. The molecule has 0 aliphatic rings. The minimum atomic E-state index is 0.619. The Kier molecular flexibility index (Phi) is 8.94. The first-order valence-electron chi connectivity index (χ1n) is 18.2. The summed E-state index contributed by atoms with van der Waals surface area (Å²) in [6.07, 6.45) is 0. The molecule has 8 aromatic carbocycles. The van der Waals surface area contributed by atoms with Gasteiger partial charge in [-0.1, -0.05) is 206 Å². The standard InChI is InChI=1S/C51H35N3/c1-5-15-36(16-6-1)38-27-29-40(30-28-38)44-23-13-24-45(35-44)50-52-49(43-33-31-39(32-34-43)37-17-7-2-8-18-37)53-51(54-50)47-26-14-25-46(41-19-9-3-10-20-41)48(47)42-21-11-4-12-22-42/h1-35H. The summed E-state index contributed by atoms with van der Waals surface area (Å²) in [5.41, 5.74) is 14.2. The van der Waals surface area contributed by atoms with Crippen molar-refractivity contribution in [1.82, 2.24) is 15.0 Å². The zero-order valence-corrected chi connectivity index (χ0v) is 29.5. The zero-order chi connectivity index (χ0) is 36.1. The number of aromatic nitrogens is 3. The minimum absolute atomic E-state index is 0.619. The maximum absolute atomic E-state index is 5.25. The molecule has 0 bridgehead atoms. The van der Waals surface area contributed by atoms with Crippen molar-refractivity contribution < 1.29 is 0 Å². The van der Waals surface area contributed by atoms with Crippen molar-refractivity contribution in [3.63, 3.8) is 0 Å². The predicted octanol–water partition coefficient (Wildman–Crippen LogP) is 13.2. The number of hydrogen-bond acceptors (Lipinski definition) is 3. The van der Waals surface area contributed by atoms with Crippen LogP contribution in [0.25, 0.3) is 89.8 Å². The van der Waals surface area contributed by atoms with E-state index in [1.165, 1.54) is 16.7 Å². The molecule has 0 spiro atoms. The Morgan fingerprint density at radius 2 is 0.556 bits per heavy atom. The lowest BCUT2D eigenvalue weighted by Gasteiger charge is -2.16. The van der Waals surface area contributed by atoms with Gasteiger partial charge in [-0.05, 0) is 56.1 Å². The maximum Gasteiger partial charge on any atom is 0.164 e. The minimum Gasteiger partial charge on any atom is -0.208 e. The van der Waals surface area contributed by atoms with Crippen LogP contribution in [0.15, 0.2) is 212 Å². The molecule has 3 heteroatoms. The molecule has 0 N–H and O–H groups in total.